The Bertz CT molecular complexity index is 714. The van der Waals surface area contributed by atoms with Crippen LogP contribution in [0.25, 0.3) is 0 Å². The van der Waals surface area contributed by atoms with Gasteiger partial charge in [-0.1, -0.05) is 37.3 Å². The van der Waals surface area contributed by atoms with Crippen LogP contribution in [0, 0.1) is 0 Å². The van der Waals surface area contributed by atoms with Crippen molar-refractivity contribution >= 4 is 28.3 Å². The molecule has 1 aromatic carbocycles. The van der Waals surface area contributed by atoms with Crippen LogP contribution in [0.5, 0.6) is 0 Å². The van der Waals surface area contributed by atoms with Crippen LogP contribution in [-0.2, 0) is 16.0 Å². The van der Waals surface area contributed by atoms with Gasteiger partial charge >= 0.3 is 0 Å². The third kappa shape index (κ3) is 4.00. The van der Waals surface area contributed by atoms with Gasteiger partial charge in [0, 0.05) is 24.9 Å². The van der Waals surface area contributed by atoms with Crippen molar-refractivity contribution in [3.63, 3.8) is 0 Å². The Morgan fingerprint density at radius 2 is 2.17 bits per heavy atom. The van der Waals surface area contributed by atoms with Crippen LogP contribution in [-0.4, -0.2) is 29.9 Å². The summed E-state index contributed by atoms with van der Waals surface area (Å²) >= 11 is 1.43. The molecule has 1 aromatic heterocycles. The molecule has 0 bridgehead atoms. The van der Waals surface area contributed by atoms with E-state index in [4.69, 9.17) is 0 Å². The normalized spacial score (nSPS) is 15.5. The summed E-state index contributed by atoms with van der Waals surface area (Å²) < 4.78 is 0. The Morgan fingerprint density at radius 1 is 1.38 bits per heavy atom. The van der Waals surface area contributed by atoms with Crippen LogP contribution >= 0.6 is 11.3 Å². The number of carbonyl (C=O) groups is 2. The van der Waals surface area contributed by atoms with E-state index in [0.29, 0.717) is 18.1 Å². The molecule has 5 nitrogen and oxygen atoms in total. The Kier molecular flexibility index (Phi) is 5.25. The van der Waals surface area contributed by atoms with Gasteiger partial charge in [0.2, 0.25) is 11.8 Å². The number of rotatable bonds is 6. The minimum atomic E-state index is -0.0395. The van der Waals surface area contributed by atoms with E-state index in [2.05, 4.69) is 29.4 Å². The van der Waals surface area contributed by atoms with Crippen molar-refractivity contribution in [2.75, 3.05) is 18.0 Å². The van der Waals surface area contributed by atoms with E-state index in [9.17, 15) is 9.59 Å². The first-order chi connectivity index (χ1) is 11.6. The highest BCUT2D eigenvalue weighted by Gasteiger charge is 2.24. The summed E-state index contributed by atoms with van der Waals surface area (Å²) in [5.41, 5.74) is 1.93. The summed E-state index contributed by atoms with van der Waals surface area (Å²) in [6, 6.07) is 10.1. The molecule has 1 aliphatic rings. The van der Waals surface area contributed by atoms with Crippen molar-refractivity contribution < 1.29 is 9.59 Å². The van der Waals surface area contributed by atoms with Crippen LogP contribution in [0.15, 0.2) is 35.7 Å². The lowest BCUT2D eigenvalue weighted by molar-refractivity contribution is -0.120. The lowest BCUT2D eigenvalue weighted by Gasteiger charge is -2.12. The van der Waals surface area contributed by atoms with E-state index in [-0.39, 0.29) is 24.2 Å². The van der Waals surface area contributed by atoms with E-state index in [1.807, 2.05) is 23.6 Å². The molecule has 2 heterocycles. The van der Waals surface area contributed by atoms with Crippen LogP contribution in [0.2, 0.25) is 0 Å². The van der Waals surface area contributed by atoms with Gasteiger partial charge in [-0.15, -0.1) is 11.3 Å². The minimum Gasteiger partial charge on any atom is -0.355 e. The molecule has 1 atom stereocenters. The van der Waals surface area contributed by atoms with Crippen molar-refractivity contribution in [1.82, 2.24) is 10.3 Å². The number of hydrogen-bond acceptors (Lipinski definition) is 4. The van der Waals surface area contributed by atoms with Crippen molar-refractivity contribution in [2.24, 2.45) is 0 Å². The smallest absolute Gasteiger partial charge is 0.228 e. The maximum Gasteiger partial charge on any atom is 0.228 e. The van der Waals surface area contributed by atoms with Crippen LogP contribution < -0.4 is 10.2 Å². The number of carbonyl (C=O) groups excluding carboxylic acids is 2. The van der Waals surface area contributed by atoms with E-state index < -0.39 is 0 Å². The van der Waals surface area contributed by atoms with Crippen molar-refractivity contribution in [3.05, 3.63) is 47.0 Å². The van der Waals surface area contributed by atoms with Gasteiger partial charge in [-0.2, -0.15) is 0 Å². The second kappa shape index (κ2) is 7.57. The number of nitrogens with one attached hydrogen (secondary N) is 1. The maximum atomic E-state index is 12.1. The summed E-state index contributed by atoms with van der Waals surface area (Å²) in [7, 11) is 0. The van der Waals surface area contributed by atoms with E-state index >= 15 is 0 Å². The molecule has 2 amide bonds. The van der Waals surface area contributed by atoms with Crippen LogP contribution in [0.1, 0.15) is 36.9 Å². The summed E-state index contributed by atoms with van der Waals surface area (Å²) in [5.74, 6) is 0.350. The lowest BCUT2D eigenvalue weighted by atomic mass is 10.0. The fourth-order valence-corrected chi connectivity index (χ4v) is 3.61. The second-order valence-corrected chi connectivity index (χ2v) is 6.90. The Morgan fingerprint density at radius 3 is 2.88 bits per heavy atom. The number of hydrogen-bond donors (Lipinski definition) is 1. The van der Waals surface area contributed by atoms with Crippen molar-refractivity contribution in [3.8, 4) is 0 Å². The molecular formula is C18H21N3O2S. The first-order valence-electron chi connectivity index (χ1n) is 8.20. The van der Waals surface area contributed by atoms with Gasteiger partial charge in [-0.05, 0) is 17.9 Å². The molecule has 0 spiro atoms. The SMILES string of the molecule is CC(CNC(=O)Cc1csc(N2CCCC2=O)n1)c1ccccc1. The monoisotopic (exact) mass is 343 g/mol. The highest BCUT2D eigenvalue weighted by atomic mass is 32.1. The molecule has 126 valence electrons. The van der Waals surface area contributed by atoms with Gasteiger partial charge in [-0.3, -0.25) is 14.5 Å². The molecule has 0 radical (unpaired) electrons. The standard InChI is InChI=1S/C18H21N3O2S/c1-13(14-6-3-2-4-7-14)11-19-16(22)10-15-12-24-18(20-15)21-9-5-8-17(21)23/h2-4,6-7,12-13H,5,8-11H2,1H3,(H,19,22). The van der Waals surface area contributed by atoms with E-state index in [0.717, 1.165) is 18.7 Å². The predicted molar refractivity (Wildman–Crippen MR) is 95.3 cm³/mol. The molecule has 1 aliphatic heterocycles. The molecule has 2 aromatic rings. The number of benzene rings is 1. The first-order valence-corrected chi connectivity index (χ1v) is 9.08. The topological polar surface area (TPSA) is 62.3 Å². The van der Waals surface area contributed by atoms with E-state index in [1.165, 1.54) is 16.9 Å². The highest BCUT2D eigenvalue weighted by Crippen LogP contribution is 2.25. The van der Waals surface area contributed by atoms with Gasteiger partial charge < -0.3 is 5.32 Å². The van der Waals surface area contributed by atoms with Crippen molar-refractivity contribution in [2.45, 2.75) is 32.1 Å². The van der Waals surface area contributed by atoms with Gasteiger partial charge in [-0.25, -0.2) is 4.98 Å². The maximum absolute atomic E-state index is 12.1. The largest absolute Gasteiger partial charge is 0.355 e. The molecule has 1 fully saturated rings. The molecule has 1 N–H and O–H groups in total. The van der Waals surface area contributed by atoms with Crippen LogP contribution in [0.4, 0.5) is 5.13 Å². The van der Waals surface area contributed by atoms with Gasteiger partial charge in [0.1, 0.15) is 0 Å². The molecule has 1 unspecified atom stereocenters. The molecule has 1 saturated heterocycles. The molecule has 0 saturated carbocycles. The molecule has 6 heteroatoms. The van der Waals surface area contributed by atoms with Crippen LogP contribution in [0.3, 0.4) is 0 Å². The third-order valence-electron chi connectivity index (χ3n) is 4.16. The van der Waals surface area contributed by atoms with Gasteiger partial charge in [0.15, 0.2) is 5.13 Å². The number of amides is 2. The number of aromatic nitrogens is 1. The molecule has 3 rings (SSSR count). The summed E-state index contributed by atoms with van der Waals surface area (Å²) in [6.45, 7) is 3.42. The summed E-state index contributed by atoms with van der Waals surface area (Å²) in [6.07, 6.45) is 1.72. The summed E-state index contributed by atoms with van der Waals surface area (Å²) in [5, 5.41) is 5.53. The summed E-state index contributed by atoms with van der Waals surface area (Å²) in [4.78, 5) is 30.0. The average Bonchev–Trinajstić information content (AvgIpc) is 3.22. The zero-order valence-electron chi connectivity index (χ0n) is 13.7. The van der Waals surface area contributed by atoms with E-state index in [1.54, 1.807) is 4.90 Å². The molecule has 24 heavy (non-hydrogen) atoms. The molecule has 0 aliphatic carbocycles. The average molecular weight is 343 g/mol. The number of thiazole rings is 1. The fraction of sp³-hybridized carbons (Fsp3) is 0.389. The quantitative estimate of drug-likeness (QED) is 0.877. The minimum absolute atomic E-state index is 0.0395. The zero-order valence-corrected chi connectivity index (χ0v) is 14.5. The Labute approximate surface area is 145 Å². The van der Waals surface area contributed by atoms with Gasteiger partial charge in [0.25, 0.3) is 0 Å². The Balaban J connectivity index is 1.50. The lowest BCUT2D eigenvalue weighted by Crippen LogP contribution is -2.29. The number of anilines is 1. The zero-order chi connectivity index (χ0) is 16.9. The molecular weight excluding hydrogens is 322 g/mol. The fourth-order valence-electron chi connectivity index (χ4n) is 2.75. The van der Waals surface area contributed by atoms with Crippen molar-refractivity contribution in [1.29, 1.82) is 0 Å². The second-order valence-electron chi connectivity index (χ2n) is 6.06. The third-order valence-corrected chi connectivity index (χ3v) is 5.07. The Hall–Kier alpha value is -2.21. The first kappa shape index (κ1) is 16.6. The number of nitrogens with zero attached hydrogens (tertiary/aromatic N) is 2. The highest BCUT2D eigenvalue weighted by molar-refractivity contribution is 7.14. The predicted octanol–water partition coefficient (Wildman–Crippen LogP) is 2.73. The van der Waals surface area contributed by atoms with Gasteiger partial charge in [0.05, 0.1) is 12.1 Å².